The molecule has 1 saturated heterocycles. The Morgan fingerprint density at radius 1 is 1.30 bits per heavy atom. The number of aromatic carboxylic acids is 1. The van der Waals surface area contributed by atoms with Gasteiger partial charge in [-0.1, -0.05) is 0 Å². The third kappa shape index (κ3) is 1.88. The first-order valence-corrected chi connectivity index (χ1v) is 7.64. The number of urea groups is 1. The van der Waals surface area contributed by atoms with Crippen LogP contribution in [0.25, 0.3) is 0 Å². The molecule has 8 nitrogen and oxygen atoms in total. The number of amides is 3. The Hall–Kier alpha value is -1.94. The van der Waals surface area contributed by atoms with Crippen molar-refractivity contribution in [2.24, 2.45) is 0 Å². The molecule has 2 aliphatic heterocycles. The Morgan fingerprint density at radius 2 is 2.05 bits per heavy atom. The Bertz CT molecular complexity index is 629. The molecule has 2 unspecified atom stereocenters. The summed E-state index contributed by atoms with van der Waals surface area (Å²) in [5, 5.41) is 20.5. The largest absolute Gasteiger partial charge is 0.477 e. The third-order valence-electron chi connectivity index (χ3n) is 2.99. The zero-order valence-electron chi connectivity index (χ0n) is 10.1. The fourth-order valence-electron chi connectivity index (χ4n) is 2.15. The van der Waals surface area contributed by atoms with E-state index < -0.39 is 30.1 Å². The fraction of sp³-hybridized carbons (Fsp3) is 0.300. The lowest BCUT2D eigenvalue weighted by Gasteiger charge is -2.37. The summed E-state index contributed by atoms with van der Waals surface area (Å²) in [5.74, 6) is -1.47. The molecule has 0 spiro atoms. The smallest absolute Gasteiger partial charge is 0.347 e. The van der Waals surface area contributed by atoms with Crippen LogP contribution in [0.2, 0.25) is 0 Å². The Kier molecular flexibility index (Phi) is 2.98. The van der Waals surface area contributed by atoms with E-state index in [1.54, 1.807) is 6.26 Å². The van der Waals surface area contributed by atoms with Crippen LogP contribution in [0, 0.1) is 0 Å². The van der Waals surface area contributed by atoms with Crippen molar-refractivity contribution in [1.82, 2.24) is 10.6 Å². The van der Waals surface area contributed by atoms with E-state index in [2.05, 4.69) is 21.3 Å². The van der Waals surface area contributed by atoms with Crippen molar-refractivity contribution < 1.29 is 19.5 Å². The molecule has 2 atom stereocenters. The van der Waals surface area contributed by atoms with Gasteiger partial charge in [-0.3, -0.25) is 10.1 Å². The molecule has 0 radical (unpaired) electrons. The summed E-state index contributed by atoms with van der Waals surface area (Å²) in [6.45, 7) is 0. The quantitative estimate of drug-likeness (QED) is 0.505. The third-order valence-corrected chi connectivity index (χ3v) is 5.04. The summed E-state index contributed by atoms with van der Waals surface area (Å²) in [6.07, 6.45) is 1.17. The van der Waals surface area contributed by atoms with Crippen LogP contribution in [0.4, 0.5) is 15.5 Å². The number of carbonyl (C=O) groups is 3. The predicted molar refractivity (Wildman–Crippen MR) is 74.6 cm³/mol. The average molecular weight is 314 g/mol. The number of rotatable bonds is 2. The molecular formula is C10H10N4O4S2. The SMILES string of the molecule is CSc1c(C(=O)O)sc2c1NC1C(=O)NC(=O)NC1N2. The molecule has 0 aromatic carbocycles. The first-order chi connectivity index (χ1) is 9.51. The Labute approximate surface area is 121 Å². The van der Waals surface area contributed by atoms with E-state index >= 15 is 0 Å². The highest BCUT2D eigenvalue weighted by atomic mass is 32.2. The summed E-state index contributed by atoms with van der Waals surface area (Å²) < 4.78 is 0. The zero-order valence-corrected chi connectivity index (χ0v) is 11.8. The van der Waals surface area contributed by atoms with E-state index in [0.29, 0.717) is 15.6 Å². The van der Waals surface area contributed by atoms with Crippen LogP contribution in [0.1, 0.15) is 9.67 Å². The summed E-state index contributed by atoms with van der Waals surface area (Å²) >= 11 is 2.37. The Balaban J connectivity index is 2.02. The van der Waals surface area contributed by atoms with Crippen molar-refractivity contribution in [1.29, 1.82) is 0 Å². The fourth-order valence-corrected chi connectivity index (χ4v) is 4.16. The van der Waals surface area contributed by atoms with Gasteiger partial charge in [0.15, 0.2) is 0 Å². The highest BCUT2D eigenvalue weighted by molar-refractivity contribution is 7.99. The van der Waals surface area contributed by atoms with Crippen LogP contribution < -0.4 is 21.3 Å². The molecule has 2 aliphatic rings. The molecule has 0 aliphatic carbocycles. The van der Waals surface area contributed by atoms with Gasteiger partial charge in [0, 0.05) is 0 Å². The summed E-state index contributed by atoms with van der Waals surface area (Å²) in [6, 6.07) is -1.25. The number of anilines is 2. The van der Waals surface area contributed by atoms with E-state index in [4.69, 9.17) is 0 Å². The van der Waals surface area contributed by atoms with E-state index in [-0.39, 0.29) is 4.88 Å². The minimum Gasteiger partial charge on any atom is -0.477 e. The number of thiophene rings is 1. The topological polar surface area (TPSA) is 120 Å². The van der Waals surface area contributed by atoms with E-state index in [1.807, 2.05) is 0 Å². The van der Waals surface area contributed by atoms with Crippen molar-refractivity contribution in [2.75, 3.05) is 16.9 Å². The lowest BCUT2D eigenvalue weighted by Crippen LogP contribution is -2.67. The minimum absolute atomic E-state index is 0.202. The van der Waals surface area contributed by atoms with Crippen molar-refractivity contribution in [3.8, 4) is 0 Å². The summed E-state index contributed by atoms with van der Waals surface area (Å²) in [5.41, 5.74) is 0.590. The molecule has 0 bridgehead atoms. The molecule has 106 valence electrons. The number of imide groups is 1. The van der Waals surface area contributed by atoms with Gasteiger partial charge in [0.1, 0.15) is 22.1 Å². The highest BCUT2D eigenvalue weighted by Gasteiger charge is 2.41. The second-order valence-electron chi connectivity index (χ2n) is 4.18. The first-order valence-electron chi connectivity index (χ1n) is 5.59. The second-order valence-corrected chi connectivity index (χ2v) is 6.02. The maximum Gasteiger partial charge on any atom is 0.347 e. The van der Waals surface area contributed by atoms with Crippen molar-refractivity contribution in [2.45, 2.75) is 17.1 Å². The molecule has 20 heavy (non-hydrogen) atoms. The highest BCUT2D eigenvalue weighted by Crippen LogP contribution is 2.46. The van der Waals surface area contributed by atoms with Gasteiger partial charge in [0.05, 0.1) is 10.6 Å². The van der Waals surface area contributed by atoms with Gasteiger partial charge in [-0.05, 0) is 6.26 Å². The standard InChI is InChI=1S/C10H10N4O4S2/c1-19-4-2-8(20-5(4)9(16)17)12-6-3(11-2)7(15)14-10(18)13-6/h3,6,11-12H,1H3,(H,16,17)(H2,13,14,15,18). The maximum atomic E-state index is 11.8. The van der Waals surface area contributed by atoms with Crippen LogP contribution in [0.15, 0.2) is 4.90 Å². The van der Waals surface area contributed by atoms with Gasteiger partial charge in [0.2, 0.25) is 0 Å². The number of carboxylic acid groups (broad SMARTS) is 1. The molecule has 1 aromatic heterocycles. The molecule has 10 heteroatoms. The summed E-state index contributed by atoms with van der Waals surface area (Å²) in [7, 11) is 0. The molecule has 5 N–H and O–H groups in total. The lowest BCUT2D eigenvalue weighted by molar-refractivity contribution is -0.122. The second kappa shape index (κ2) is 4.56. The van der Waals surface area contributed by atoms with Crippen LogP contribution in [0.3, 0.4) is 0 Å². The lowest BCUT2D eigenvalue weighted by atomic mass is 10.1. The molecular weight excluding hydrogens is 304 g/mol. The van der Waals surface area contributed by atoms with Crippen LogP contribution in [-0.4, -0.2) is 41.5 Å². The van der Waals surface area contributed by atoms with E-state index in [1.165, 1.54) is 11.8 Å². The number of carboxylic acids is 1. The number of hydrogen-bond donors (Lipinski definition) is 5. The van der Waals surface area contributed by atoms with Gasteiger partial charge in [-0.25, -0.2) is 9.59 Å². The molecule has 3 rings (SSSR count). The maximum absolute atomic E-state index is 11.8. The van der Waals surface area contributed by atoms with Crippen molar-refractivity contribution in [3.63, 3.8) is 0 Å². The van der Waals surface area contributed by atoms with E-state index in [9.17, 15) is 19.5 Å². The van der Waals surface area contributed by atoms with Gasteiger partial charge in [-0.2, -0.15) is 0 Å². The van der Waals surface area contributed by atoms with Gasteiger partial charge < -0.3 is 21.1 Å². The van der Waals surface area contributed by atoms with Crippen LogP contribution >= 0.6 is 23.1 Å². The Morgan fingerprint density at radius 3 is 2.70 bits per heavy atom. The molecule has 0 saturated carbocycles. The molecule has 1 aromatic rings. The zero-order chi connectivity index (χ0) is 14.4. The number of thioether (sulfide) groups is 1. The van der Waals surface area contributed by atoms with Crippen LogP contribution in [0.5, 0.6) is 0 Å². The molecule has 1 fully saturated rings. The number of hydrogen-bond acceptors (Lipinski definition) is 7. The average Bonchev–Trinajstić information content (AvgIpc) is 2.74. The van der Waals surface area contributed by atoms with Gasteiger partial charge in [0.25, 0.3) is 5.91 Å². The van der Waals surface area contributed by atoms with Gasteiger partial charge >= 0.3 is 12.0 Å². The van der Waals surface area contributed by atoms with Crippen molar-refractivity contribution >= 4 is 51.7 Å². The van der Waals surface area contributed by atoms with Crippen LogP contribution in [-0.2, 0) is 4.79 Å². The predicted octanol–water partition coefficient (Wildman–Crippen LogP) is 0.540. The summed E-state index contributed by atoms with van der Waals surface area (Å²) in [4.78, 5) is 35.1. The minimum atomic E-state index is -1.02. The monoisotopic (exact) mass is 314 g/mol. The number of carbonyl (C=O) groups excluding carboxylic acids is 2. The normalized spacial score (nSPS) is 23.6. The first kappa shape index (κ1) is 13.1. The van der Waals surface area contributed by atoms with Crippen molar-refractivity contribution in [3.05, 3.63) is 4.88 Å². The molecule has 3 amide bonds. The van der Waals surface area contributed by atoms with Gasteiger partial charge in [-0.15, -0.1) is 23.1 Å². The molecule has 3 heterocycles. The number of fused-ring (bicyclic) bond motifs is 2. The number of nitrogens with one attached hydrogen (secondary N) is 4. The van der Waals surface area contributed by atoms with E-state index in [0.717, 1.165) is 11.3 Å².